The van der Waals surface area contributed by atoms with Crippen LogP contribution in [-0.4, -0.2) is 115 Å². The third-order valence-electron chi connectivity index (χ3n) is 11.1. The van der Waals surface area contributed by atoms with Crippen LogP contribution in [-0.2, 0) is 24.2 Å². The zero-order chi connectivity index (χ0) is 39.3. The van der Waals surface area contributed by atoms with Crippen LogP contribution in [0.3, 0.4) is 0 Å². The highest BCUT2D eigenvalue weighted by Gasteiger charge is 2.30. The molecule has 2 saturated heterocycles. The Bertz CT molecular complexity index is 2070. The van der Waals surface area contributed by atoms with Crippen molar-refractivity contribution in [1.29, 1.82) is 0 Å². The van der Waals surface area contributed by atoms with Gasteiger partial charge in [0, 0.05) is 99.7 Å². The van der Waals surface area contributed by atoms with Crippen molar-refractivity contribution in [2.24, 2.45) is 0 Å². The summed E-state index contributed by atoms with van der Waals surface area (Å²) in [5.41, 5.74) is 6.65. The van der Waals surface area contributed by atoms with E-state index in [0.29, 0.717) is 62.9 Å². The van der Waals surface area contributed by atoms with Crippen LogP contribution >= 0.6 is 0 Å². The Morgan fingerprint density at radius 2 is 1.35 bits per heavy atom. The van der Waals surface area contributed by atoms with E-state index in [0.717, 1.165) is 90.1 Å². The number of fused-ring (bicyclic) bond motifs is 1. The quantitative estimate of drug-likeness (QED) is 0.152. The van der Waals surface area contributed by atoms with Crippen molar-refractivity contribution in [3.05, 3.63) is 107 Å². The minimum Gasteiger partial charge on any atom is -0.497 e. The average Bonchev–Trinajstić information content (AvgIpc) is 3.71. The molecule has 0 saturated carbocycles. The number of piperazine rings is 1. The van der Waals surface area contributed by atoms with E-state index >= 15 is 0 Å². The van der Waals surface area contributed by atoms with Crippen LogP contribution in [0.1, 0.15) is 40.9 Å². The zero-order valence-corrected chi connectivity index (χ0v) is 33.3. The van der Waals surface area contributed by atoms with Gasteiger partial charge >= 0.3 is 0 Å². The van der Waals surface area contributed by atoms with Gasteiger partial charge in [0.2, 0.25) is 11.9 Å². The predicted octanol–water partition coefficient (Wildman–Crippen LogP) is 5.85. The number of rotatable bonds is 12. The second-order valence-electron chi connectivity index (χ2n) is 15.0. The monoisotopic (exact) mass is 769 g/mol. The summed E-state index contributed by atoms with van der Waals surface area (Å²) in [6.07, 6.45) is 4.53. The molecular formula is C44H51N9O4. The summed E-state index contributed by atoms with van der Waals surface area (Å²) in [5, 5.41) is 0. The van der Waals surface area contributed by atoms with E-state index in [9.17, 15) is 4.79 Å². The Labute approximate surface area is 334 Å². The molecule has 8 rings (SSSR count). The molecule has 0 N–H and O–H groups in total. The van der Waals surface area contributed by atoms with Gasteiger partial charge in [0.1, 0.15) is 17.3 Å². The molecule has 3 aliphatic heterocycles. The number of amides is 1. The lowest BCUT2D eigenvalue weighted by Gasteiger charge is -2.37. The maximum Gasteiger partial charge on any atom is 0.253 e. The third kappa shape index (κ3) is 8.49. The number of carbonyl (C=O) groups is 1. The lowest BCUT2D eigenvalue weighted by Crippen LogP contribution is -2.50. The fraction of sp³-hybridized carbons (Fsp3) is 0.386. The van der Waals surface area contributed by atoms with Crippen LogP contribution in [0.25, 0.3) is 11.3 Å². The first-order valence-corrected chi connectivity index (χ1v) is 19.8. The molecule has 296 valence electrons. The van der Waals surface area contributed by atoms with Gasteiger partial charge in [-0.2, -0.15) is 4.98 Å². The van der Waals surface area contributed by atoms with E-state index in [1.807, 2.05) is 65.8 Å². The van der Waals surface area contributed by atoms with Gasteiger partial charge in [-0.25, -0.2) is 15.0 Å². The van der Waals surface area contributed by atoms with Crippen LogP contribution in [0.2, 0.25) is 0 Å². The zero-order valence-electron chi connectivity index (χ0n) is 33.3. The molecule has 3 aromatic carbocycles. The molecule has 57 heavy (non-hydrogen) atoms. The van der Waals surface area contributed by atoms with E-state index in [2.05, 4.69) is 57.7 Å². The van der Waals surface area contributed by atoms with Crippen molar-refractivity contribution in [3.63, 3.8) is 0 Å². The number of carbonyl (C=O) groups excluding carboxylic acids is 1. The van der Waals surface area contributed by atoms with Gasteiger partial charge < -0.3 is 33.8 Å². The van der Waals surface area contributed by atoms with Gasteiger partial charge in [-0.05, 0) is 79.9 Å². The highest BCUT2D eigenvalue weighted by molar-refractivity contribution is 5.95. The van der Waals surface area contributed by atoms with Gasteiger partial charge in [-0.3, -0.25) is 9.69 Å². The molecule has 0 unspecified atom stereocenters. The number of hydrogen-bond acceptors (Lipinski definition) is 12. The summed E-state index contributed by atoms with van der Waals surface area (Å²) in [6, 6.07) is 24.6. The van der Waals surface area contributed by atoms with E-state index < -0.39 is 0 Å². The average molecular weight is 770 g/mol. The second kappa shape index (κ2) is 17.1. The topological polar surface area (TPSA) is 113 Å². The first kappa shape index (κ1) is 38.1. The molecular weight excluding hydrogens is 719 g/mol. The number of nitrogens with zero attached hydrogens (tertiary/aromatic N) is 9. The lowest BCUT2D eigenvalue weighted by molar-refractivity contribution is 0.0595. The number of anilines is 4. The van der Waals surface area contributed by atoms with Crippen LogP contribution in [0.4, 0.5) is 23.4 Å². The summed E-state index contributed by atoms with van der Waals surface area (Å²) in [5.74, 6) is 3.86. The number of aromatic nitrogens is 4. The van der Waals surface area contributed by atoms with E-state index in [4.69, 9.17) is 34.1 Å². The number of ether oxygens (including phenoxy) is 3. The van der Waals surface area contributed by atoms with Crippen LogP contribution in [0.5, 0.6) is 11.5 Å². The van der Waals surface area contributed by atoms with Crippen molar-refractivity contribution in [2.45, 2.75) is 39.4 Å². The van der Waals surface area contributed by atoms with Crippen molar-refractivity contribution < 1.29 is 19.0 Å². The Morgan fingerprint density at radius 1 is 0.754 bits per heavy atom. The first-order chi connectivity index (χ1) is 27.9. The summed E-state index contributed by atoms with van der Waals surface area (Å²) < 4.78 is 16.5. The van der Waals surface area contributed by atoms with Crippen LogP contribution in [0, 0.1) is 0 Å². The number of methoxy groups -OCH3 is 2. The lowest BCUT2D eigenvalue weighted by atomic mass is 10.1. The van der Waals surface area contributed by atoms with Crippen molar-refractivity contribution in [1.82, 2.24) is 29.7 Å². The van der Waals surface area contributed by atoms with E-state index in [1.54, 1.807) is 14.2 Å². The normalized spacial score (nSPS) is 15.8. The van der Waals surface area contributed by atoms with E-state index in [-0.39, 0.29) is 5.91 Å². The summed E-state index contributed by atoms with van der Waals surface area (Å²) in [7, 11) is 3.35. The van der Waals surface area contributed by atoms with Gasteiger partial charge in [-0.15, -0.1) is 0 Å². The van der Waals surface area contributed by atoms with E-state index in [1.165, 1.54) is 0 Å². The maximum absolute atomic E-state index is 13.5. The highest BCUT2D eigenvalue weighted by Crippen LogP contribution is 2.39. The molecule has 5 heterocycles. The van der Waals surface area contributed by atoms with Gasteiger partial charge in [0.05, 0.1) is 33.1 Å². The first-order valence-electron chi connectivity index (χ1n) is 19.8. The standard InChI is InChI=1S/C44H51N9O4/c1-31(2)49-19-21-50(22-20-49)42(54)34-9-11-36(12-10-34)53-18-17-39-40(47-44(48-41(39)53)51-23-25-57-26-24-51)35-27-45-43(46-28-35)52(29-32-5-13-37(55-3)14-6-32)30-33-7-15-38(56-4)16-8-33/h5-16,27-28,31H,17-26,29-30H2,1-4H3. The minimum atomic E-state index is 0.0843. The van der Waals surface area contributed by atoms with Crippen molar-refractivity contribution in [2.75, 3.05) is 87.9 Å². The molecule has 0 radical (unpaired) electrons. The molecule has 2 fully saturated rings. The van der Waals surface area contributed by atoms with Gasteiger partial charge in [0.25, 0.3) is 5.91 Å². The fourth-order valence-electron chi connectivity index (χ4n) is 7.75. The summed E-state index contributed by atoms with van der Waals surface area (Å²) in [4.78, 5) is 44.7. The minimum absolute atomic E-state index is 0.0843. The molecule has 0 atom stereocenters. The van der Waals surface area contributed by atoms with Crippen LogP contribution < -0.4 is 24.2 Å². The molecule has 0 aliphatic carbocycles. The van der Waals surface area contributed by atoms with Crippen molar-refractivity contribution in [3.8, 4) is 22.8 Å². The van der Waals surface area contributed by atoms with Crippen molar-refractivity contribution >= 4 is 29.3 Å². The fourth-order valence-corrected chi connectivity index (χ4v) is 7.75. The van der Waals surface area contributed by atoms with Crippen LogP contribution in [0.15, 0.2) is 85.2 Å². The molecule has 3 aliphatic rings. The molecule has 13 heteroatoms. The SMILES string of the molecule is COc1ccc(CN(Cc2ccc(OC)cc2)c2ncc(-c3nc(N4CCOCC4)nc4c3CCN4c3ccc(C(=O)N4CCN(C(C)C)CC4)cc3)cn2)cc1. The predicted molar refractivity (Wildman–Crippen MR) is 222 cm³/mol. The largest absolute Gasteiger partial charge is 0.497 e. The van der Waals surface area contributed by atoms with Gasteiger partial charge in [0.15, 0.2) is 0 Å². The Morgan fingerprint density at radius 3 is 1.91 bits per heavy atom. The maximum atomic E-state index is 13.5. The third-order valence-corrected chi connectivity index (χ3v) is 11.1. The molecule has 13 nitrogen and oxygen atoms in total. The molecule has 1 amide bonds. The summed E-state index contributed by atoms with van der Waals surface area (Å²) in [6.45, 7) is 12.3. The number of morpholine rings is 1. The number of benzene rings is 3. The second-order valence-corrected chi connectivity index (χ2v) is 15.0. The highest BCUT2D eigenvalue weighted by atomic mass is 16.5. The molecule has 5 aromatic rings. The molecule has 2 aromatic heterocycles. The smallest absolute Gasteiger partial charge is 0.253 e. The molecule has 0 bridgehead atoms. The number of hydrogen-bond donors (Lipinski definition) is 0. The summed E-state index contributed by atoms with van der Waals surface area (Å²) >= 11 is 0. The molecule has 0 spiro atoms. The Balaban J connectivity index is 1.07. The Kier molecular flexibility index (Phi) is 11.5. The Hall–Kier alpha value is -5.79. The van der Waals surface area contributed by atoms with Gasteiger partial charge in [-0.1, -0.05) is 24.3 Å².